The summed E-state index contributed by atoms with van der Waals surface area (Å²) in [6, 6.07) is 6.53. The first-order valence-electron chi connectivity index (χ1n) is 10.3. The van der Waals surface area contributed by atoms with Crippen LogP contribution in [0.3, 0.4) is 0 Å². The fourth-order valence-electron chi connectivity index (χ4n) is 4.17. The van der Waals surface area contributed by atoms with Gasteiger partial charge in [-0.05, 0) is 55.3 Å². The van der Waals surface area contributed by atoms with Crippen molar-refractivity contribution in [2.24, 2.45) is 0 Å². The molecule has 27 heavy (non-hydrogen) atoms. The number of ether oxygens (including phenoxy) is 1. The first-order chi connectivity index (χ1) is 13.0. The fourth-order valence-corrected chi connectivity index (χ4v) is 7.78. The number of carbonyl (C=O) groups is 2. The van der Waals surface area contributed by atoms with E-state index in [2.05, 4.69) is 20.8 Å². The average molecular weight is 410 g/mol. The Morgan fingerprint density at radius 3 is 2.41 bits per heavy atom. The molecule has 0 aromatic carbocycles. The lowest BCUT2D eigenvalue weighted by Crippen LogP contribution is -2.64. The molecule has 150 valence electrons. The summed E-state index contributed by atoms with van der Waals surface area (Å²) in [7, 11) is -1.95. The van der Waals surface area contributed by atoms with Gasteiger partial charge in [-0.1, -0.05) is 33.3 Å². The number of hydrogen-bond donors (Lipinski definition) is 0. The van der Waals surface area contributed by atoms with Gasteiger partial charge in [-0.15, -0.1) is 11.3 Å². The third-order valence-electron chi connectivity index (χ3n) is 6.21. The Morgan fingerprint density at radius 2 is 1.85 bits per heavy atom. The topological polar surface area (TPSA) is 55.8 Å². The van der Waals surface area contributed by atoms with Crippen LogP contribution in [0.1, 0.15) is 63.8 Å². The number of thiophene rings is 1. The molecule has 1 aromatic heterocycles. The van der Waals surface area contributed by atoms with E-state index in [-0.39, 0.29) is 18.1 Å². The Morgan fingerprint density at radius 1 is 1.19 bits per heavy atom. The minimum atomic E-state index is -1.95. The molecule has 1 saturated heterocycles. The predicted molar refractivity (Wildman–Crippen MR) is 109 cm³/mol. The summed E-state index contributed by atoms with van der Waals surface area (Å²) in [4.78, 5) is 28.0. The van der Waals surface area contributed by atoms with Crippen LogP contribution in [0.25, 0.3) is 0 Å². The Hall–Kier alpha value is -1.18. The van der Waals surface area contributed by atoms with E-state index in [4.69, 9.17) is 9.16 Å². The van der Waals surface area contributed by atoms with Crippen LogP contribution >= 0.6 is 11.3 Å². The van der Waals surface area contributed by atoms with Gasteiger partial charge in [0.1, 0.15) is 12.1 Å². The summed E-state index contributed by atoms with van der Waals surface area (Å²) in [5.41, 5.74) is 0. The van der Waals surface area contributed by atoms with Crippen molar-refractivity contribution in [1.29, 1.82) is 0 Å². The van der Waals surface area contributed by atoms with Gasteiger partial charge in [0.2, 0.25) is 0 Å². The maximum absolute atomic E-state index is 12.9. The van der Waals surface area contributed by atoms with E-state index in [1.165, 1.54) is 11.3 Å². The highest BCUT2D eigenvalue weighted by atomic mass is 32.1. The molecule has 5 nitrogen and oxygen atoms in total. The molecule has 2 aliphatic rings. The highest BCUT2D eigenvalue weighted by Crippen LogP contribution is 2.42. The van der Waals surface area contributed by atoms with Crippen LogP contribution in [0.4, 0.5) is 4.79 Å². The van der Waals surface area contributed by atoms with Gasteiger partial charge >= 0.3 is 6.09 Å². The minimum Gasteiger partial charge on any atom is -0.446 e. The van der Waals surface area contributed by atoms with Gasteiger partial charge in [0, 0.05) is 4.88 Å². The number of likely N-dealkylation sites (tertiary alicyclic amines) is 1. The minimum absolute atomic E-state index is 0.0570. The van der Waals surface area contributed by atoms with Gasteiger partial charge in [0.15, 0.2) is 14.4 Å². The van der Waals surface area contributed by atoms with E-state index in [0.717, 1.165) is 48.7 Å². The molecule has 1 aromatic rings. The molecule has 0 unspecified atom stereocenters. The second-order valence-electron chi connectivity index (χ2n) is 7.59. The van der Waals surface area contributed by atoms with E-state index in [1.54, 1.807) is 11.3 Å². The van der Waals surface area contributed by atoms with Crippen LogP contribution in [0.2, 0.25) is 18.1 Å². The highest BCUT2D eigenvalue weighted by Gasteiger charge is 2.56. The largest absolute Gasteiger partial charge is 0.446 e. The number of imide groups is 1. The lowest BCUT2D eigenvalue weighted by molar-refractivity contribution is -0.161. The monoisotopic (exact) mass is 409 g/mol. The van der Waals surface area contributed by atoms with E-state index in [1.807, 2.05) is 17.5 Å². The van der Waals surface area contributed by atoms with Gasteiger partial charge in [-0.25, -0.2) is 9.69 Å². The summed E-state index contributed by atoms with van der Waals surface area (Å²) >= 11 is 1.56. The van der Waals surface area contributed by atoms with Crippen molar-refractivity contribution < 1.29 is 18.8 Å². The molecule has 2 fully saturated rings. The van der Waals surface area contributed by atoms with Crippen molar-refractivity contribution in [2.45, 2.75) is 89.3 Å². The highest BCUT2D eigenvalue weighted by molar-refractivity contribution is 7.10. The predicted octanol–water partition coefficient (Wildman–Crippen LogP) is 5.49. The molecule has 2 amide bonds. The zero-order valence-corrected chi connectivity index (χ0v) is 18.4. The third kappa shape index (κ3) is 4.15. The molecule has 0 N–H and O–H groups in total. The Kier molecular flexibility index (Phi) is 6.76. The summed E-state index contributed by atoms with van der Waals surface area (Å²) in [5, 5.41) is 1.98. The summed E-state index contributed by atoms with van der Waals surface area (Å²) < 4.78 is 12.2. The van der Waals surface area contributed by atoms with Gasteiger partial charge in [-0.3, -0.25) is 4.79 Å². The van der Waals surface area contributed by atoms with Gasteiger partial charge in [0.05, 0.1) is 0 Å². The van der Waals surface area contributed by atoms with Crippen LogP contribution in [0.5, 0.6) is 0 Å². The van der Waals surface area contributed by atoms with Gasteiger partial charge < -0.3 is 9.16 Å². The number of carbonyl (C=O) groups excluding carboxylic acids is 2. The number of rotatable bonds is 7. The van der Waals surface area contributed by atoms with Crippen LogP contribution in [-0.4, -0.2) is 37.4 Å². The number of β-lactam (4-membered cyclic amide) rings is 1. The Labute approximate surface area is 167 Å². The molecule has 2 heterocycles. The van der Waals surface area contributed by atoms with Crippen molar-refractivity contribution in [3.63, 3.8) is 0 Å². The van der Waals surface area contributed by atoms with E-state index >= 15 is 0 Å². The van der Waals surface area contributed by atoms with Crippen molar-refractivity contribution in [2.75, 3.05) is 0 Å². The molecule has 0 bridgehead atoms. The molecular formula is C20H31NO4SSi. The number of nitrogens with zero attached hydrogens (tertiary/aromatic N) is 1. The second kappa shape index (κ2) is 8.88. The standard InChI is InChI=1S/C20H31NO4SSi/c1-4-27(5-2,6-3)25-18-17(16-13-10-14-26-16)21(19(18)22)20(23)24-15-11-8-7-9-12-15/h10,13-15,17-18H,4-9,11-12H2,1-3H3/t17-,18+/m1/s1. The zero-order chi connectivity index (χ0) is 19.4. The fraction of sp³-hybridized carbons (Fsp3) is 0.700. The van der Waals surface area contributed by atoms with Crippen LogP contribution in [0, 0.1) is 0 Å². The van der Waals surface area contributed by atoms with Crippen LogP contribution in [-0.2, 0) is 14.0 Å². The van der Waals surface area contributed by atoms with Crippen molar-refractivity contribution >= 4 is 31.7 Å². The summed E-state index contributed by atoms with van der Waals surface area (Å²) in [5.74, 6) is -0.235. The summed E-state index contributed by atoms with van der Waals surface area (Å²) in [6.07, 6.45) is 4.06. The molecule has 1 aliphatic heterocycles. The van der Waals surface area contributed by atoms with E-state index < -0.39 is 20.5 Å². The molecule has 1 saturated carbocycles. The first-order valence-corrected chi connectivity index (χ1v) is 13.7. The number of amides is 2. The molecule has 7 heteroatoms. The Balaban J connectivity index is 1.76. The van der Waals surface area contributed by atoms with Crippen molar-refractivity contribution in [1.82, 2.24) is 4.90 Å². The van der Waals surface area contributed by atoms with Crippen LogP contribution in [0.15, 0.2) is 17.5 Å². The quantitative estimate of drug-likeness (QED) is 0.441. The smallest absolute Gasteiger partial charge is 0.417 e. The van der Waals surface area contributed by atoms with Crippen LogP contribution < -0.4 is 0 Å². The number of hydrogen-bond acceptors (Lipinski definition) is 5. The maximum Gasteiger partial charge on any atom is 0.417 e. The molecule has 1 aliphatic carbocycles. The maximum atomic E-state index is 12.9. The molecule has 0 radical (unpaired) electrons. The lowest BCUT2D eigenvalue weighted by atomic mass is 9.96. The molecule has 3 rings (SSSR count). The average Bonchev–Trinajstić information content (AvgIpc) is 3.22. The lowest BCUT2D eigenvalue weighted by Gasteiger charge is -2.47. The van der Waals surface area contributed by atoms with E-state index in [0.29, 0.717) is 0 Å². The Bertz CT molecular complexity index is 632. The van der Waals surface area contributed by atoms with E-state index in [9.17, 15) is 9.59 Å². The normalized spacial score (nSPS) is 24.0. The molecule has 2 atom stereocenters. The van der Waals surface area contributed by atoms with Gasteiger partial charge in [-0.2, -0.15) is 0 Å². The summed E-state index contributed by atoms with van der Waals surface area (Å²) in [6.45, 7) is 6.45. The second-order valence-corrected chi connectivity index (χ2v) is 13.3. The SMILES string of the molecule is CC[Si](CC)(CC)O[C@@H]1C(=O)N(C(=O)OC2CCCCC2)[C@@H]1c1cccs1. The molecule has 0 spiro atoms. The van der Waals surface area contributed by atoms with Gasteiger partial charge in [0.25, 0.3) is 5.91 Å². The van der Waals surface area contributed by atoms with Crippen molar-refractivity contribution in [3.05, 3.63) is 22.4 Å². The van der Waals surface area contributed by atoms with Crippen molar-refractivity contribution in [3.8, 4) is 0 Å². The molecular weight excluding hydrogens is 378 g/mol. The third-order valence-corrected chi connectivity index (χ3v) is 11.8. The first kappa shape index (κ1) is 20.5. The zero-order valence-electron chi connectivity index (χ0n) is 16.6.